The van der Waals surface area contributed by atoms with E-state index in [1.165, 1.54) is 12.8 Å². The maximum atomic E-state index is 5.00. The van der Waals surface area contributed by atoms with Crippen molar-refractivity contribution >= 4 is 6.34 Å². The van der Waals surface area contributed by atoms with Crippen LogP contribution in [0.5, 0.6) is 0 Å². The largest absolute Gasteiger partial charge is 0.315 e. The molecule has 1 saturated heterocycles. The molecule has 12 heavy (non-hydrogen) atoms. The van der Waals surface area contributed by atoms with Gasteiger partial charge in [-0.05, 0) is 13.0 Å². The first kappa shape index (κ1) is 9.44. The molecular weight excluding hydrogens is 154 g/mol. The van der Waals surface area contributed by atoms with Gasteiger partial charge in [-0.3, -0.25) is 4.99 Å². The molecule has 1 unspecified atom stereocenters. The number of nitrogens with zero attached hydrogens (tertiary/aromatic N) is 1. The molecule has 1 heterocycles. The van der Waals surface area contributed by atoms with Crippen LogP contribution in [0.2, 0.25) is 0 Å². The van der Waals surface area contributed by atoms with Crippen LogP contribution in [0.3, 0.4) is 0 Å². The fourth-order valence-corrected chi connectivity index (χ4v) is 1.28. The normalized spacial score (nSPS) is 23.6. The molecule has 1 rings (SSSR count). The van der Waals surface area contributed by atoms with E-state index in [1.54, 1.807) is 0 Å². The summed E-state index contributed by atoms with van der Waals surface area (Å²) in [6.07, 6.45) is 2.73. The highest BCUT2D eigenvalue weighted by atomic mass is 15.2. The van der Waals surface area contributed by atoms with Crippen molar-refractivity contribution in [3.63, 3.8) is 0 Å². The van der Waals surface area contributed by atoms with Gasteiger partial charge in [0, 0.05) is 19.1 Å². The molecule has 0 radical (unpaired) electrons. The monoisotopic (exact) mass is 171 g/mol. The molecule has 0 aromatic rings. The zero-order valence-electron chi connectivity index (χ0n) is 7.21. The van der Waals surface area contributed by atoms with Gasteiger partial charge in [0.25, 0.3) is 0 Å². The van der Waals surface area contributed by atoms with E-state index >= 15 is 0 Å². The molecule has 0 aromatic heterocycles. The van der Waals surface area contributed by atoms with Gasteiger partial charge in [0.2, 0.25) is 0 Å². The van der Waals surface area contributed by atoms with Crippen LogP contribution >= 0.6 is 0 Å². The lowest BCUT2D eigenvalue weighted by Crippen LogP contribution is -2.33. The molecule has 0 saturated carbocycles. The molecule has 5 N–H and O–H groups in total. The second-order valence-electron chi connectivity index (χ2n) is 2.85. The summed E-state index contributed by atoms with van der Waals surface area (Å²) in [6, 6.07) is 0.631. The summed E-state index contributed by atoms with van der Waals surface area (Å²) >= 11 is 0. The Kier molecular flexibility index (Phi) is 4.67. The Balaban J connectivity index is 1.91. The van der Waals surface area contributed by atoms with Gasteiger partial charge >= 0.3 is 0 Å². The lowest BCUT2D eigenvalue weighted by molar-refractivity contribution is 0.555. The van der Waals surface area contributed by atoms with Gasteiger partial charge in [-0.25, -0.2) is 5.84 Å². The SMILES string of the molecule is NNC=NCCNC1CCNC1. The van der Waals surface area contributed by atoms with Gasteiger partial charge in [0.1, 0.15) is 0 Å². The highest BCUT2D eigenvalue weighted by Gasteiger charge is 2.11. The Morgan fingerprint density at radius 1 is 1.67 bits per heavy atom. The predicted molar refractivity (Wildman–Crippen MR) is 50.0 cm³/mol. The molecule has 0 aromatic carbocycles. The van der Waals surface area contributed by atoms with Gasteiger partial charge < -0.3 is 16.1 Å². The summed E-state index contributed by atoms with van der Waals surface area (Å²) in [5.74, 6) is 5.00. The molecular formula is C7H17N5. The van der Waals surface area contributed by atoms with Crippen LogP contribution in [0.25, 0.3) is 0 Å². The van der Waals surface area contributed by atoms with Gasteiger partial charge in [0.15, 0.2) is 0 Å². The van der Waals surface area contributed by atoms with Crippen LogP contribution in [0.4, 0.5) is 0 Å². The summed E-state index contributed by atoms with van der Waals surface area (Å²) in [5.41, 5.74) is 2.36. The molecule has 0 spiro atoms. The quantitative estimate of drug-likeness (QED) is 0.133. The van der Waals surface area contributed by atoms with Crippen molar-refractivity contribution in [2.45, 2.75) is 12.5 Å². The Morgan fingerprint density at radius 3 is 3.25 bits per heavy atom. The fraction of sp³-hybridized carbons (Fsp3) is 0.857. The van der Waals surface area contributed by atoms with Crippen LogP contribution in [0, 0.1) is 0 Å². The first-order chi connectivity index (χ1) is 5.93. The summed E-state index contributed by atoms with van der Waals surface area (Å²) in [5, 5.41) is 6.69. The molecule has 0 aliphatic carbocycles. The van der Waals surface area contributed by atoms with E-state index in [1.807, 2.05) is 0 Å². The van der Waals surface area contributed by atoms with E-state index in [0.29, 0.717) is 6.04 Å². The van der Waals surface area contributed by atoms with E-state index in [2.05, 4.69) is 21.1 Å². The van der Waals surface area contributed by atoms with E-state index in [-0.39, 0.29) is 0 Å². The van der Waals surface area contributed by atoms with Crippen molar-refractivity contribution < 1.29 is 0 Å². The Hall–Kier alpha value is -0.650. The number of nitrogens with one attached hydrogen (secondary N) is 3. The van der Waals surface area contributed by atoms with Crippen LogP contribution < -0.4 is 21.9 Å². The highest BCUT2D eigenvalue weighted by molar-refractivity contribution is 5.52. The smallest absolute Gasteiger partial charge is 0.0964 e. The number of hydrogen-bond donors (Lipinski definition) is 4. The molecule has 0 bridgehead atoms. The minimum absolute atomic E-state index is 0.631. The maximum absolute atomic E-state index is 5.00. The first-order valence-corrected chi connectivity index (χ1v) is 4.32. The lowest BCUT2D eigenvalue weighted by Gasteiger charge is -2.08. The summed E-state index contributed by atoms with van der Waals surface area (Å²) in [6.45, 7) is 3.91. The number of hydrogen-bond acceptors (Lipinski definition) is 4. The van der Waals surface area contributed by atoms with Gasteiger partial charge in [-0.2, -0.15) is 0 Å². The first-order valence-electron chi connectivity index (χ1n) is 4.32. The molecule has 1 fully saturated rings. The third-order valence-corrected chi connectivity index (χ3v) is 1.90. The fourth-order valence-electron chi connectivity index (χ4n) is 1.28. The minimum atomic E-state index is 0.631. The summed E-state index contributed by atoms with van der Waals surface area (Å²) < 4.78 is 0. The average Bonchev–Trinajstić information content (AvgIpc) is 2.57. The second kappa shape index (κ2) is 5.93. The predicted octanol–water partition coefficient (Wildman–Crippen LogP) is -1.57. The molecule has 1 atom stereocenters. The van der Waals surface area contributed by atoms with Crippen molar-refractivity contribution in [1.29, 1.82) is 0 Å². The Bertz CT molecular complexity index is 130. The van der Waals surface area contributed by atoms with Crippen LogP contribution in [-0.4, -0.2) is 38.6 Å². The third-order valence-electron chi connectivity index (χ3n) is 1.90. The Labute approximate surface area is 72.8 Å². The van der Waals surface area contributed by atoms with Crippen molar-refractivity contribution in [3.05, 3.63) is 0 Å². The number of rotatable bonds is 5. The second-order valence-corrected chi connectivity index (χ2v) is 2.85. The highest BCUT2D eigenvalue weighted by Crippen LogP contribution is 1.95. The number of aliphatic imine (C=N–C) groups is 1. The topological polar surface area (TPSA) is 74.5 Å². The van der Waals surface area contributed by atoms with Crippen LogP contribution in [-0.2, 0) is 0 Å². The zero-order chi connectivity index (χ0) is 8.65. The Morgan fingerprint density at radius 2 is 2.58 bits per heavy atom. The lowest BCUT2D eigenvalue weighted by atomic mass is 10.3. The summed E-state index contributed by atoms with van der Waals surface area (Å²) in [7, 11) is 0. The number of hydrazine groups is 1. The molecule has 1 aliphatic heterocycles. The van der Waals surface area contributed by atoms with Gasteiger partial charge in [0.05, 0.1) is 12.9 Å². The van der Waals surface area contributed by atoms with E-state index in [9.17, 15) is 0 Å². The molecule has 1 aliphatic rings. The van der Waals surface area contributed by atoms with Crippen molar-refractivity contribution in [3.8, 4) is 0 Å². The zero-order valence-corrected chi connectivity index (χ0v) is 7.21. The number of nitrogens with two attached hydrogens (primary N) is 1. The standard InChI is InChI=1S/C7H17N5/c8-12-6-10-3-4-11-7-1-2-9-5-7/h6-7,9,11H,1-5,8H2,(H,10,12). The minimum Gasteiger partial charge on any atom is -0.315 e. The van der Waals surface area contributed by atoms with E-state index < -0.39 is 0 Å². The van der Waals surface area contributed by atoms with E-state index in [0.717, 1.165) is 26.2 Å². The van der Waals surface area contributed by atoms with Gasteiger partial charge in [-0.15, -0.1) is 0 Å². The molecule has 0 amide bonds. The van der Waals surface area contributed by atoms with Crippen molar-refractivity contribution in [2.24, 2.45) is 10.8 Å². The summed E-state index contributed by atoms with van der Waals surface area (Å²) in [4.78, 5) is 4.01. The van der Waals surface area contributed by atoms with Crippen LogP contribution in [0.1, 0.15) is 6.42 Å². The average molecular weight is 171 g/mol. The molecule has 5 heteroatoms. The maximum Gasteiger partial charge on any atom is 0.0964 e. The molecule has 5 nitrogen and oxygen atoms in total. The van der Waals surface area contributed by atoms with Crippen LogP contribution in [0.15, 0.2) is 4.99 Å². The van der Waals surface area contributed by atoms with E-state index in [4.69, 9.17) is 5.84 Å². The molecule has 70 valence electrons. The van der Waals surface area contributed by atoms with Crippen molar-refractivity contribution in [2.75, 3.05) is 26.2 Å². The van der Waals surface area contributed by atoms with Crippen molar-refractivity contribution in [1.82, 2.24) is 16.1 Å². The van der Waals surface area contributed by atoms with Gasteiger partial charge in [-0.1, -0.05) is 0 Å². The third kappa shape index (κ3) is 3.66.